The number of H-pyrrole nitrogens is 2. The number of thioether (sulfide) groups is 1. The van der Waals surface area contributed by atoms with E-state index in [2.05, 4.69) is 28.2 Å². The van der Waals surface area contributed by atoms with Crippen LogP contribution in [0.15, 0.2) is 59.5 Å². The van der Waals surface area contributed by atoms with Crippen LogP contribution in [0.25, 0.3) is 89.7 Å². The van der Waals surface area contributed by atoms with E-state index in [0.717, 1.165) is 73.3 Å². The Kier molecular flexibility index (Phi) is 21.7. The van der Waals surface area contributed by atoms with Crippen molar-refractivity contribution >= 4 is 55.9 Å². The van der Waals surface area contributed by atoms with E-state index in [-0.39, 0.29) is 57.6 Å². The molecule has 0 saturated carbocycles. The number of aromatic nitrogens is 8. The topological polar surface area (TPSA) is 238 Å². The highest BCUT2D eigenvalue weighted by Gasteiger charge is 2.31. The molecule has 8 bridgehead atoms. The van der Waals surface area contributed by atoms with Gasteiger partial charge < -0.3 is 76.3 Å². The van der Waals surface area contributed by atoms with E-state index < -0.39 is 0 Å². The molecule has 448 valence electrons. The molecule has 1 unspecified atom stereocenters. The zero-order valence-electron chi connectivity index (χ0n) is 48.6. The summed E-state index contributed by atoms with van der Waals surface area (Å²) in [5.41, 5.74) is 4.04. The first kappa shape index (κ1) is 60.2. The molecule has 6 heterocycles. The Morgan fingerprint density at radius 2 is 0.821 bits per heavy atom. The molecule has 3 aliphatic heterocycles. The van der Waals surface area contributed by atoms with E-state index in [1.165, 1.54) is 0 Å². The Balaban J connectivity index is 1.23. The van der Waals surface area contributed by atoms with Gasteiger partial charge in [0.1, 0.15) is 96.7 Å². The highest BCUT2D eigenvalue weighted by atomic mass is 32.2. The molecule has 22 nitrogen and oxygen atoms in total. The molecule has 1 fully saturated rings. The van der Waals surface area contributed by atoms with E-state index in [9.17, 15) is 0 Å². The lowest BCUT2D eigenvalue weighted by Crippen LogP contribution is -2.22. The van der Waals surface area contributed by atoms with Crippen LogP contribution in [0, 0.1) is 0 Å². The highest BCUT2D eigenvalue weighted by molar-refractivity contribution is 7.99. The second-order valence-electron chi connectivity index (χ2n) is 19.7. The molecule has 3 aromatic heterocycles. The van der Waals surface area contributed by atoms with Crippen LogP contribution < -0.4 is 28.4 Å². The van der Waals surface area contributed by atoms with Crippen LogP contribution in [0.2, 0.25) is 0 Å². The Morgan fingerprint density at radius 1 is 0.417 bits per heavy atom. The summed E-state index contributed by atoms with van der Waals surface area (Å²) in [6.45, 7) is 4.83. The van der Waals surface area contributed by atoms with Gasteiger partial charge in [0.05, 0.1) is 72.3 Å². The van der Waals surface area contributed by atoms with Crippen LogP contribution >= 0.6 is 11.8 Å². The number of benzene rings is 4. The van der Waals surface area contributed by atoms with E-state index in [0.29, 0.717) is 148 Å². The van der Waals surface area contributed by atoms with Gasteiger partial charge in [-0.1, -0.05) is 12.8 Å². The fourth-order valence-corrected chi connectivity index (χ4v) is 11.0. The second kappa shape index (κ2) is 30.2. The summed E-state index contributed by atoms with van der Waals surface area (Å²) in [5, 5.41) is 2.30. The van der Waals surface area contributed by atoms with Crippen LogP contribution in [0.4, 0.5) is 0 Å². The summed E-state index contributed by atoms with van der Waals surface area (Å²) in [5.74, 6) is 5.11. The quantitative estimate of drug-likeness (QED) is 0.0287. The van der Waals surface area contributed by atoms with Gasteiger partial charge in [-0.15, -0.1) is 11.8 Å². The van der Waals surface area contributed by atoms with Gasteiger partial charge >= 0.3 is 0 Å². The zero-order chi connectivity index (χ0) is 58.0. The third-order valence-electron chi connectivity index (χ3n) is 14.0. The highest BCUT2D eigenvalue weighted by Crippen LogP contribution is 2.48. The van der Waals surface area contributed by atoms with E-state index in [1.807, 2.05) is 36.4 Å². The monoisotopic (exact) mass is 1170 g/mol. The van der Waals surface area contributed by atoms with Gasteiger partial charge in [0.25, 0.3) is 0 Å². The smallest absolute Gasteiger partial charge is 0.168 e. The molecular formula is C61H74N8O14S. The number of hydrogen-bond donors (Lipinski definition) is 2. The summed E-state index contributed by atoms with van der Waals surface area (Å²) in [6, 6.07) is 17.4. The maximum atomic E-state index is 6.51. The molecule has 4 aromatic carbocycles. The van der Waals surface area contributed by atoms with Crippen molar-refractivity contribution in [1.29, 1.82) is 0 Å². The average Bonchev–Trinajstić information content (AvgIpc) is 2.84. The van der Waals surface area contributed by atoms with Gasteiger partial charge in [-0.25, -0.2) is 29.9 Å². The fourth-order valence-electron chi connectivity index (χ4n) is 10.0. The SMILES string of the molecule is COCCOc1ccc(OCCOC)c2c1-c1nc-2nc2[nH]c(nc3nc(nc4[nH]c(n1)c1c(OCCOC)ccc(OCCOC)c41)-c1ccc(SCCCCCCOC4CCCCO4)cc1-3)c1c(OCCOC)ccc(OCCOC)c21. The standard InChI is InChI=1S/C61H74N8O14S/c1-70-24-30-76-41-16-18-43(78-32-26-72-3)50-48(41)56-63-54-39-15-14-38(84-36-12-8-7-10-22-82-47-13-9-11-23-83-47)37-40(39)55(62-54)64-57-49-42(77-31-25-71-2)17-19-44(79-33-27-73-4)51(49)59(66-57)68-61-53-46(81-35-29-75-6)21-20-45(80-34-28-74-5)52(53)60(69-61)67-58(50)65-56/h14-21,37,47H,7-13,22-36H2,1-6H3,(H2,62,63,64,65,66,67,68,69). The van der Waals surface area contributed by atoms with Crippen molar-refractivity contribution in [3.8, 4) is 80.0 Å². The molecule has 0 radical (unpaired) electrons. The third-order valence-corrected chi connectivity index (χ3v) is 15.1. The minimum Gasteiger partial charge on any atom is -0.490 e. The fraction of sp³-hybridized carbons (Fsp3) is 0.475. The van der Waals surface area contributed by atoms with Crippen molar-refractivity contribution in [1.82, 2.24) is 39.9 Å². The Hall–Kier alpha value is -6.93. The van der Waals surface area contributed by atoms with Crippen molar-refractivity contribution < 1.29 is 66.3 Å². The summed E-state index contributed by atoms with van der Waals surface area (Å²) < 4.78 is 83.5. The Bertz CT molecular complexity index is 3500. The molecule has 7 aromatic rings. The lowest BCUT2D eigenvalue weighted by atomic mass is 10.1. The molecule has 2 N–H and O–H groups in total. The number of unbranched alkanes of at least 4 members (excludes halogenated alkanes) is 3. The maximum absolute atomic E-state index is 6.51. The molecule has 0 spiro atoms. The number of methoxy groups -OCH3 is 6. The number of ether oxygens (including phenoxy) is 14. The first-order chi connectivity index (χ1) is 41.4. The van der Waals surface area contributed by atoms with Crippen molar-refractivity contribution in [3.05, 3.63) is 54.6 Å². The summed E-state index contributed by atoms with van der Waals surface area (Å²) >= 11 is 1.79. The molecular weight excluding hydrogens is 1100 g/mol. The van der Waals surface area contributed by atoms with Crippen molar-refractivity contribution in [3.63, 3.8) is 0 Å². The lowest BCUT2D eigenvalue weighted by molar-refractivity contribution is -0.162. The molecule has 10 rings (SSSR count). The Labute approximate surface area is 491 Å². The van der Waals surface area contributed by atoms with Gasteiger partial charge in [0.15, 0.2) is 29.6 Å². The molecule has 23 heteroatoms. The normalized spacial score (nSPS) is 13.8. The largest absolute Gasteiger partial charge is 0.490 e. The molecule has 3 aliphatic rings. The lowest BCUT2D eigenvalue weighted by Gasteiger charge is -2.22. The molecule has 0 aliphatic carbocycles. The summed E-state index contributed by atoms with van der Waals surface area (Å²) in [6.07, 6.45) is 7.38. The van der Waals surface area contributed by atoms with Gasteiger partial charge in [0.2, 0.25) is 0 Å². The average molecular weight is 1180 g/mol. The predicted molar refractivity (Wildman–Crippen MR) is 319 cm³/mol. The molecule has 1 atom stereocenters. The number of hydrogen-bond acceptors (Lipinski definition) is 21. The summed E-state index contributed by atoms with van der Waals surface area (Å²) in [7, 11) is 9.74. The first-order valence-electron chi connectivity index (χ1n) is 28.5. The van der Waals surface area contributed by atoms with Crippen LogP contribution in [-0.2, 0) is 37.9 Å². The first-order valence-corrected chi connectivity index (χ1v) is 29.5. The number of rotatable bonds is 33. The minimum atomic E-state index is -0.0626. The van der Waals surface area contributed by atoms with Gasteiger partial charge in [-0.05, 0) is 92.5 Å². The number of nitrogens with one attached hydrogen (secondary N) is 2. The minimum absolute atomic E-state index is 0.0626. The van der Waals surface area contributed by atoms with Gasteiger partial charge in [-0.3, -0.25) is 0 Å². The van der Waals surface area contributed by atoms with Crippen molar-refractivity contribution in [2.45, 2.75) is 56.1 Å². The van der Waals surface area contributed by atoms with Crippen LogP contribution in [0.1, 0.15) is 44.9 Å². The van der Waals surface area contributed by atoms with Gasteiger partial charge in [-0.2, -0.15) is 0 Å². The zero-order valence-corrected chi connectivity index (χ0v) is 49.5. The third kappa shape index (κ3) is 14.2. The number of fused-ring (bicyclic) bond motifs is 20. The number of nitrogens with zero attached hydrogens (tertiary/aromatic N) is 6. The maximum Gasteiger partial charge on any atom is 0.168 e. The number of aromatic amines is 2. The van der Waals surface area contributed by atoms with Crippen LogP contribution in [0.3, 0.4) is 0 Å². The Morgan fingerprint density at radius 3 is 1.26 bits per heavy atom. The van der Waals surface area contributed by atoms with E-state index >= 15 is 0 Å². The van der Waals surface area contributed by atoms with E-state index in [4.69, 9.17) is 96.2 Å². The predicted octanol–water partition coefficient (Wildman–Crippen LogP) is 10.2. The molecule has 84 heavy (non-hydrogen) atoms. The summed E-state index contributed by atoms with van der Waals surface area (Å²) in [4.78, 5) is 40.5. The van der Waals surface area contributed by atoms with E-state index in [1.54, 1.807) is 54.4 Å². The van der Waals surface area contributed by atoms with Crippen LogP contribution in [-0.4, -0.2) is 187 Å². The molecule has 0 amide bonds. The van der Waals surface area contributed by atoms with Crippen LogP contribution in [0.5, 0.6) is 34.5 Å². The second-order valence-corrected chi connectivity index (χ2v) is 20.9. The van der Waals surface area contributed by atoms with Crippen molar-refractivity contribution in [2.75, 3.05) is 141 Å². The molecule has 1 saturated heterocycles. The van der Waals surface area contributed by atoms with Gasteiger partial charge in [0, 0.05) is 71.9 Å². The van der Waals surface area contributed by atoms with Crippen molar-refractivity contribution in [2.24, 2.45) is 0 Å².